The van der Waals surface area contributed by atoms with Crippen molar-refractivity contribution in [1.82, 2.24) is 0 Å². The van der Waals surface area contributed by atoms with Crippen LogP contribution in [-0.2, 0) is 27.4 Å². The van der Waals surface area contributed by atoms with Gasteiger partial charge in [-0.05, 0) is 42.3 Å². The largest absolute Gasteiger partial charge is 0.497 e. The van der Waals surface area contributed by atoms with Gasteiger partial charge in [-0.15, -0.1) is 0 Å². The zero-order chi connectivity index (χ0) is 23.0. The van der Waals surface area contributed by atoms with Crippen molar-refractivity contribution in [2.45, 2.75) is 50.8 Å². The molecule has 4 rings (SSSR count). The van der Waals surface area contributed by atoms with Gasteiger partial charge in [0.1, 0.15) is 29.8 Å². The lowest BCUT2D eigenvalue weighted by molar-refractivity contribution is -0.290. The zero-order valence-corrected chi connectivity index (χ0v) is 18.9. The highest BCUT2D eigenvalue weighted by Crippen LogP contribution is 2.30. The van der Waals surface area contributed by atoms with Crippen molar-refractivity contribution in [1.29, 1.82) is 0 Å². The third kappa shape index (κ3) is 6.12. The second-order valence-electron chi connectivity index (χ2n) is 8.02. The summed E-state index contributed by atoms with van der Waals surface area (Å²) in [6, 6.07) is 26.9. The second kappa shape index (κ2) is 11.3. The third-order valence-corrected chi connectivity index (χ3v) is 5.64. The first-order valence-electron chi connectivity index (χ1n) is 11.1. The highest BCUT2D eigenvalue weighted by atomic mass is 16.7. The minimum absolute atomic E-state index is 0.314. The molecule has 1 aliphatic heterocycles. The van der Waals surface area contributed by atoms with Crippen LogP contribution in [0.1, 0.15) is 18.1 Å². The lowest BCUT2D eigenvalue weighted by Gasteiger charge is -2.43. The Morgan fingerprint density at radius 2 is 1.24 bits per heavy atom. The van der Waals surface area contributed by atoms with Crippen LogP contribution in [0.3, 0.4) is 0 Å². The van der Waals surface area contributed by atoms with E-state index >= 15 is 0 Å². The number of aliphatic hydroxyl groups excluding tert-OH is 1. The molecule has 0 radical (unpaired) electrons. The van der Waals surface area contributed by atoms with Crippen molar-refractivity contribution >= 4 is 0 Å². The summed E-state index contributed by atoms with van der Waals surface area (Å²) in [5, 5.41) is 11.3. The molecule has 0 saturated carbocycles. The monoisotopic (exact) mass is 450 g/mol. The van der Waals surface area contributed by atoms with Crippen LogP contribution < -0.4 is 9.47 Å². The first-order chi connectivity index (χ1) is 16.1. The fraction of sp³-hybridized carbons (Fsp3) is 0.333. The molecule has 0 aromatic heterocycles. The number of ether oxygens (including phenoxy) is 5. The van der Waals surface area contributed by atoms with E-state index in [9.17, 15) is 5.11 Å². The first kappa shape index (κ1) is 23.3. The molecule has 1 saturated heterocycles. The van der Waals surface area contributed by atoms with Crippen molar-refractivity contribution in [2.24, 2.45) is 0 Å². The molecule has 0 amide bonds. The van der Waals surface area contributed by atoms with E-state index in [4.69, 9.17) is 23.7 Å². The van der Waals surface area contributed by atoms with Crippen molar-refractivity contribution in [3.05, 3.63) is 96.1 Å². The van der Waals surface area contributed by atoms with Crippen molar-refractivity contribution in [3.63, 3.8) is 0 Å². The maximum absolute atomic E-state index is 11.3. The predicted octanol–water partition coefficient (Wildman–Crippen LogP) is 4.35. The Kier molecular flexibility index (Phi) is 7.96. The number of aliphatic hydroxyl groups is 1. The molecule has 1 fully saturated rings. The van der Waals surface area contributed by atoms with Crippen molar-refractivity contribution in [3.8, 4) is 11.5 Å². The topological polar surface area (TPSA) is 66.4 Å². The highest BCUT2D eigenvalue weighted by Gasteiger charge is 2.46. The van der Waals surface area contributed by atoms with Gasteiger partial charge in [0.05, 0.1) is 26.4 Å². The molecule has 0 aliphatic carbocycles. The molecule has 0 spiro atoms. The Morgan fingerprint density at radius 3 is 1.79 bits per heavy atom. The summed E-state index contributed by atoms with van der Waals surface area (Å²) in [4.78, 5) is 0. The molecule has 174 valence electrons. The van der Waals surface area contributed by atoms with Gasteiger partial charge in [0, 0.05) is 0 Å². The smallest absolute Gasteiger partial charge is 0.229 e. The molecule has 1 aliphatic rings. The van der Waals surface area contributed by atoms with Crippen LogP contribution in [0, 0.1) is 0 Å². The van der Waals surface area contributed by atoms with E-state index in [0.717, 1.165) is 16.9 Å². The van der Waals surface area contributed by atoms with Gasteiger partial charge in [-0.25, -0.2) is 0 Å². The molecule has 6 nitrogen and oxygen atoms in total. The highest BCUT2D eigenvalue weighted by molar-refractivity contribution is 5.31. The first-order valence-corrected chi connectivity index (χ1v) is 11.1. The summed E-state index contributed by atoms with van der Waals surface area (Å²) in [5.74, 6) is 1.32. The summed E-state index contributed by atoms with van der Waals surface area (Å²) in [7, 11) is 1.61. The van der Waals surface area contributed by atoms with Crippen molar-refractivity contribution < 1.29 is 28.8 Å². The second-order valence-corrected chi connectivity index (χ2v) is 8.02. The molecule has 0 unspecified atom stereocenters. The standard InChI is InChI=1S/C27H30O6/c1-19-25(30-17-20-9-5-3-6-10-20)24(28)26(31-18-21-11-7-4-8-12-21)27(32-19)33-23-15-13-22(29-2)14-16-23/h3-16,19,24-28H,17-18H2,1-2H3/t19-,24+,25-,26+,27-/m0/s1. The zero-order valence-electron chi connectivity index (χ0n) is 18.9. The maximum Gasteiger partial charge on any atom is 0.229 e. The molecular weight excluding hydrogens is 420 g/mol. The Bertz CT molecular complexity index is 963. The van der Waals surface area contributed by atoms with E-state index < -0.39 is 30.7 Å². The average molecular weight is 451 g/mol. The average Bonchev–Trinajstić information content (AvgIpc) is 2.85. The summed E-state index contributed by atoms with van der Waals surface area (Å²) in [6.45, 7) is 2.55. The molecule has 33 heavy (non-hydrogen) atoms. The Hall–Kier alpha value is -2.90. The molecule has 6 heteroatoms. The SMILES string of the molecule is COc1ccc(O[C@@H]2O[C@@H](C)[C@H](OCc3ccccc3)[C@@H](O)[C@H]2OCc2ccccc2)cc1. The van der Waals surface area contributed by atoms with E-state index in [0.29, 0.717) is 19.0 Å². The molecule has 0 bridgehead atoms. The fourth-order valence-corrected chi connectivity index (χ4v) is 3.82. The molecule has 5 atom stereocenters. The summed E-state index contributed by atoms with van der Waals surface area (Å²) in [6.07, 6.45) is -3.46. The van der Waals surface area contributed by atoms with Gasteiger partial charge in [0.15, 0.2) is 0 Å². The normalized spacial score (nSPS) is 24.9. The van der Waals surface area contributed by atoms with Crippen LogP contribution in [0.2, 0.25) is 0 Å². The van der Waals surface area contributed by atoms with Gasteiger partial charge in [-0.2, -0.15) is 0 Å². The number of hydrogen-bond donors (Lipinski definition) is 1. The van der Waals surface area contributed by atoms with Gasteiger partial charge in [-0.3, -0.25) is 0 Å². The van der Waals surface area contributed by atoms with Gasteiger partial charge < -0.3 is 28.8 Å². The third-order valence-electron chi connectivity index (χ3n) is 5.64. The number of methoxy groups -OCH3 is 1. The van der Waals surface area contributed by atoms with Crippen LogP contribution in [0.25, 0.3) is 0 Å². The Balaban J connectivity index is 1.48. The Labute approximate surface area is 194 Å². The fourth-order valence-electron chi connectivity index (χ4n) is 3.82. The summed E-state index contributed by atoms with van der Waals surface area (Å²) < 4.78 is 29.7. The molecule has 3 aromatic carbocycles. The predicted molar refractivity (Wildman–Crippen MR) is 124 cm³/mol. The van der Waals surface area contributed by atoms with Crippen molar-refractivity contribution in [2.75, 3.05) is 7.11 Å². The van der Waals surface area contributed by atoms with Crippen LogP contribution in [0.4, 0.5) is 0 Å². The number of benzene rings is 3. The van der Waals surface area contributed by atoms with E-state index in [-0.39, 0.29) is 0 Å². The molecular formula is C27H30O6. The van der Waals surface area contributed by atoms with Gasteiger partial charge >= 0.3 is 0 Å². The van der Waals surface area contributed by atoms with Gasteiger partial charge in [0.2, 0.25) is 6.29 Å². The Morgan fingerprint density at radius 1 is 0.727 bits per heavy atom. The van der Waals surface area contributed by atoms with Crippen LogP contribution in [0.5, 0.6) is 11.5 Å². The number of rotatable bonds is 9. The van der Waals surface area contributed by atoms with Crippen LogP contribution >= 0.6 is 0 Å². The van der Waals surface area contributed by atoms with E-state index in [2.05, 4.69) is 0 Å². The van der Waals surface area contributed by atoms with E-state index in [1.165, 1.54) is 0 Å². The molecule has 3 aromatic rings. The van der Waals surface area contributed by atoms with E-state index in [1.807, 2.05) is 79.7 Å². The van der Waals surface area contributed by atoms with E-state index in [1.54, 1.807) is 19.2 Å². The van der Waals surface area contributed by atoms with Gasteiger partial charge in [0.25, 0.3) is 0 Å². The van der Waals surface area contributed by atoms with Crippen LogP contribution in [0.15, 0.2) is 84.9 Å². The molecule has 1 N–H and O–H groups in total. The number of hydrogen-bond acceptors (Lipinski definition) is 6. The minimum atomic E-state index is -0.940. The lowest BCUT2D eigenvalue weighted by atomic mass is 9.99. The summed E-state index contributed by atoms with van der Waals surface area (Å²) in [5.41, 5.74) is 2.02. The quantitative estimate of drug-likeness (QED) is 0.523. The molecule has 1 heterocycles. The summed E-state index contributed by atoms with van der Waals surface area (Å²) >= 11 is 0. The lowest BCUT2D eigenvalue weighted by Crippen LogP contribution is -2.60. The minimum Gasteiger partial charge on any atom is -0.497 e. The van der Waals surface area contributed by atoms with Gasteiger partial charge in [-0.1, -0.05) is 60.7 Å². The van der Waals surface area contributed by atoms with Crippen LogP contribution in [-0.4, -0.2) is 42.9 Å². The maximum atomic E-state index is 11.3.